The lowest BCUT2D eigenvalue weighted by Gasteiger charge is -2.16. The summed E-state index contributed by atoms with van der Waals surface area (Å²) < 4.78 is 19.3. The summed E-state index contributed by atoms with van der Waals surface area (Å²) in [4.78, 5) is 30.2. The summed E-state index contributed by atoms with van der Waals surface area (Å²) in [5.74, 6) is 0.0601. The third-order valence-corrected chi connectivity index (χ3v) is 6.77. The maximum atomic E-state index is 13.1. The maximum absolute atomic E-state index is 13.1. The van der Waals surface area contributed by atoms with E-state index in [9.17, 15) is 14.0 Å². The van der Waals surface area contributed by atoms with Crippen molar-refractivity contribution in [3.63, 3.8) is 0 Å². The van der Waals surface area contributed by atoms with Crippen molar-refractivity contribution in [2.75, 3.05) is 10.6 Å². The number of rotatable bonds is 7. The lowest BCUT2D eigenvalue weighted by Crippen LogP contribution is -2.35. The summed E-state index contributed by atoms with van der Waals surface area (Å²) in [7, 11) is 0. The fourth-order valence-electron chi connectivity index (χ4n) is 4.39. The number of carbonyl (C=O) groups is 2. The van der Waals surface area contributed by atoms with E-state index in [1.165, 1.54) is 24.3 Å². The summed E-state index contributed by atoms with van der Waals surface area (Å²) >= 11 is 0. The minimum Gasteiger partial charge on any atom is -0.457 e. The molecule has 0 radical (unpaired) electrons. The largest absolute Gasteiger partial charge is 0.457 e. The molecule has 0 unspecified atom stereocenters. The van der Waals surface area contributed by atoms with Crippen molar-refractivity contribution in [1.29, 1.82) is 0 Å². The van der Waals surface area contributed by atoms with Gasteiger partial charge in [0, 0.05) is 34.2 Å². The van der Waals surface area contributed by atoms with E-state index in [1.54, 1.807) is 36.5 Å². The molecule has 3 N–H and O–H groups in total. The van der Waals surface area contributed by atoms with Gasteiger partial charge in [-0.15, -0.1) is 0 Å². The highest BCUT2D eigenvalue weighted by molar-refractivity contribution is 6.16. The predicted molar refractivity (Wildman–Crippen MR) is 146 cm³/mol. The number of pyridine rings is 1. The van der Waals surface area contributed by atoms with E-state index in [1.807, 2.05) is 31.2 Å². The number of anilines is 2. The van der Waals surface area contributed by atoms with Crippen LogP contribution in [0.2, 0.25) is 0 Å². The molecule has 8 nitrogen and oxygen atoms in total. The zero-order chi connectivity index (χ0) is 27.0. The molecule has 0 spiro atoms. The van der Waals surface area contributed by atoms with Crippen molar-refractivity contribution in [2.24, 2.45) is 5.41 Å². The molecule has 2 heterocycles. The summed E-state index contributed by atoms with van der Waals surface area (Å²) in [6.07, 6.45) is 2.59. The van der Waals surface area contributed by atoms with Gasteiger partial charge < -0.3 is 15.4 Å². The van der Waals surface area contributed by atoms with Crippen LogP contribution in [0.3, 0.4) is 0 Å². The lowest BCUT2D eigenvalue weighted by molar-refractivity contribution is -0.131. The van der Waals surface area contributed by atoms with Crippen LogP contribution in [0.25, 0.3) is 22.2 Å². The van der Waals surface area contributed by atoms with Crippen LogP contribution in [-0.4, -0.2) is 27.0 Å². The number of nitrogens with one attached hydrogen (secondary N) is 3. The number of hydrogen-bond donors (Lipinski definition) is 3. The van der Waals surface area contributed by atoms with Gasteiger partial charge in [0.2, 0.25) is 11.8 Å². The molecule has 3 aromatic carbocycles. The van der Waals surface area contributed by atoms with Crippen LogP contribution in [0.1, 0.15) is 18.5 Å². The number of fused-ring (bicyclic) bond motifs is 1. The van der Waals surface area contributed by atoms with Gasteiger partial charge in [-0.25, -0.2) is 4.39 Å². The number of nitrogens with zero attached hydrogens (tertiary/aromatic N) is 2. The molecule has 1 aliphatic rings. The topological polar surface area (TPSA) is 109 Å². The maximum Gasteiger partial charge on any atom is 0.240 e. The Bertz CT molecular complexity index is 1690. The van der Waals surface area contributed by atoms with E-state index < -0.39 is 17.1 Å². The van der Waals surface area contributed by atoms with E-state index in [2.05, 4.69) is 25.8 Å². The lowest BCUT2D eigenvalue weighted by atomic mass is 10.0. The fraction of sp³-hybridized carbons (Fsp3) is 0.133. The molecule has 39 heavy (non-hydrogen) atoms. The zero-order valence-corrected chi connectivity index (χ0v) is 21.0. The van der Waals surface area contributed by atoms with Gasteiger partial charge in [-0.05, 0) is 92.6 Å². The standard InChI is InChI=1S/C30H24FN5O3/c1-18-16-25(36-35-18)19-2-11-24-26(17-19)32-15-12-27(24)39-23-9-7-22(8-10-23)34-29(38)30(13-14-30)28(37)33-21-5-3-20(31)4-6-21/h2-12,15-17H,13-14H2,1H3,(H,33,37)(H,34,38)(H,35,36). The molecule has 1 fully saturated rings. The van der Waals surface area contributed by atoms with Crippen LogP contribution in [0.5, 0.6) is 11.5 Å². The molecule has 0 saturated heterocycles. The van der Waals surface area contributed by atoms with Gasteiger partial charge in [-0.3, -0.25) is 19.7 Å². The van der Waals surface area contributed by atoms with Crippen molar-refractivity contribution < 1.29 is 18.7 Å². The van der Waals surface area contributed by atoms with Crippen molar-refractivity contribution >= 4 is 34.1 Å². The Morgan fingerprint density at radius 2 is 1.56 bits per heavy atom. The quantitative estimate of drug-likeness (QED) is 0.220. The second kappa shape index (κ2) is 9.68. The van der Waals surface area contributed by atoms with Gasteiger partial charge in [0.25, 0.3) is 0 Å². The summed E-state index contributed by atoms with van der Waals surface area (Å²) in [5, 5.41) is 13.7. The number of aryl methyl sites for hydroxylation is 1. The van der Waals surface area contributed by atoms with Crippen molar-refractivity contribution in [3.8, 4) is 22.8 Å². The van der Waals surface area contributed by atoms with Gasteiger partial charge in [0.1, 0.15) is 22.7 Å². The summed E-state index contributed by atoms with van der Waals surface area (Å²) in [6, 6.07) is 22.1. The van der Waals surface area contributed by atoms with Crippen LogP contribution >= 0.6 is 0 Å². The number of halogens is 1. The minimum atomic E-state index is -1.13. The number of aromatic nitrogens is 3. The number of carbonyl (C=O) groups excluding carboxylic acids is 2. The molecule has 2 aromatic heterocycles. The third-order valence-electron chi connectivity index (χ3n) is 6.77. The average Bonchev–Trinajstić information content (AvgIpc) is 3.65. The van der Waals surface area contributed by atoms with Gasteiger partial charge in [-0.2, -0.15) is 5.10 Å². The highest BCUT2D eigenvalue weighted by Crippen LogP contribution is 2.47. The van der Waals surface area contributed by atoms with Crippen LogP contribution in [0.15, 0.2) is 85.1 Å². The van der Waals surface area contributed by atoms with Crippen LogP contribution in [0.4, 0.5) is 15.8 Å². The average molecular weight is 522 g/mol. The van der Waals surface area contributed by atoms with Crippen molar-refractivity contribution in [1.82, 2.24) is 15.2 Å². The zero-order valence-electron chi connectivity index (χ0n) is 21.0. The Balaban J connectivity index is 1.13. The first-order valence-corrected chi connectivity index (χ1v) is 12.5. The highest BCUT2D eigenvalue weighted by Gasteiger charge is 2.56. The molecule has 1 saturated carbocycles. The second-order valence-corrected chi connectivity index (χ2v) is 9.60. The first-order valence-electron chi connectivity index (χ1n) is 12.5. The predicted octanol–water partition coefficient (Wildman–Crippen LogP) is 6.22. The van der Waals surface area contributed by atoms with E-state index in [0.29, 0.717) is 35.7 Å². The molecule has 9 heteroatoms. The summed E-state index contributed by atoms with van der Waals surface area (Å²) in [5.41, 5.74) is 3.42. The van der Waals surface area contributed by atoms with Crippen LogP contribution < -0.4 is 15.4 Å². The van der Waals surface area contributed by atoms with E-state index >= 15 is 0 Å². The molecule has 194 valence electrons. The monoisotopic (exact) mass is 521 g/mol. The number of ether oxygens (including phenoxy) is 1. The fourth-order valence-corrected chi connectivity index (χ4v) is 4.39. The molecule has 2 amide bonds. The molecule has 1 aliphatic carbocycles. The molecular weight excluding hydrogens is 497 g/mol. The van der Waals surface area contributed by atoms with Crippen LogP contribution in [0, 0.1) is 18.2 Å². The van der Waals surface area contributed by atoms with Gasteiger partial charge in [0.05, 0.1) is 11.2 Å². The van der Waals surface area contributed by atoms with Gasteiger partial charge in [0.15, 0.2) is 0 Å². The SMILES string of the molecule is Cc1cc(-c2ccc3c(Oc4ccc(NC(=O)C5(C(=O)Nc6ccc(F)cc6)CC5)cc4)ccnc3c2)n[nH]1. The number of benzene rings is 3. The minimum absolute atomic E-state index is 0.376. The van der Waals surface area contributed by atoms with E-state index in [-0.39, 0.29) is 5.91 Å². The number of amides is 2. The smallest absolute Gasteiger partial charge is 0.240 e. The van der Waals surface area contributed by atoms with E-state index in [0.717, 1.165) is 27.9 Å². The normalized spacial score (nSPS) is 13.6. The van der Waals surface area contributed by atoms with Gasteiger partial charge >= 0.3 is 0 Å². The Hall–Kier alpha value is -5.05. The van der Waals surface area contributed by atoms with Crippen LogP contribution in [-0.2, 0) is 9.59 Å². The van der Waals surface area contributed by atoms with Crippen molar-refractivity contribution in [2.45, 2.75) is 19.8 Å². The summed E-state index contributed by atoms with van der Waals surface area (Å²) in [6.45, 7) is 1.95. The molecule has 0 bridgehead atoms. The number of H-pyrrole nitrogens is 1. The Morgan fingerprint density at radius 1 is 0.897 bits per heavy atom. The Kier molecular flexibility index (Phi) is 6.03. The first-order chi connectivity index (χ1) is 18.9. The molecular formula is C30H24FN5O3. The number of aromatic amines is 1. The Morgan fingerprint density at radius 3 is 2.18 bits per heavy atom. The van der Waals surface area contributed by atoms with E-state index in [4.69, 9.17) is 4.74 Å². The Labute approximate surface area is 223 Å². The van der Waals surface area contributed by atoms with Crippen molar-refractivity contribution in [3.05, 3.63) is 96.6 Å². The molecule has 0 aliphatic heterocycles. The first kappa shape index (κ1) is 24.3. The third kappa shape index (κ3) is 4.94. The second-order valence-electron chi connectivity index (χ2n) is 9.60. The molecule has 0 atom stereocenters. The highest BCUT2D eigenvalue weighted by atomic mass is 19.1. The van der Waals surface area contributed by atoms with Gasteiger partial charge in [-0.1, -0.05) is 6.07 Å². The molecule has 6 rings (SSSR count). The number of hydrogen-bond acceptors (Lipinski definition) is 5. The molecule has 5 aromatic rings.